The quantitative estimate of drug-likeness (QED) is 0.538. The van der Waals surface area contributed by atoms with Gasteiger partial charge in [-0.2, -0.15) is 0 Å². The fraction of sp³-hybridized carbons (Fsp3) is 0.632. The van der Waals surface area contributed by atoms with Crippen LogP contribution in [-0.2, 0) is 6.54 Å². The molecule has 1 aromatic rings. The van der Waals surface area contributed by atoms with E-state index >= 15 is 0 Å². The molecule has 0 aliphatic heterocycles. The van der Waals surface area contributed by atoms with E-state index in [0.717, 1.165) is 36.9 Å². The van der Waals surface area contributed by atoms with Crippen LogP contribution in [0.25, 0.3) is 0 Å². The summed E-state index contributed by atoms with van der Waals surface area (Å²) in [5, 5.41) is 6.69. The Labute approximate surface area is 147 Å². The molecule has 0 fully saturated rings. The van der Waals surface area contributed by atoms with Gasteiger partial charge in [-0.3, -0.25) is 0 Å². The first kappa shape index (κ1) is 20.3. The van der Waals surface area contributed by atoms with Crippen molar-refractivity contribution in [3.05, 3.63) is 29.3 Å². The summed E-state index contributed by atoms with van der Waals surface area (Å²) in [6, 6.07) is 6.82. The lowest BCUT2D eigenvalue weighted by atomic mass is 10.1. The Morgan fingerprint density at radius 2 is 2.00 bits per heavy atom. The first-order valence-electron chi connectivity index (χ1n) is 8.92. The summed E-state index contributed by atoms with van der Waals surface area (Å²) in [7, 11) is 2.14. The second-order valence-corrected chi connectivity index (χ2v) is 6.24. The van der Waals surface area contributed by atoms with Crippen LogP contribution in [-0.4, -0.2) is 50.2 Å². The first-order valence-corrected chi connectivity index (χ1v) is 8.92. The van der Waals surface area contributed by atoms with Crippen molar-refractivity contribution >= 4 is 5.96 Å². The summed E-state index contributed by atoms with van der Waals surface area (Å²) in [4.78, 5) is 7.00. The molecule has 0 saturated heterocycles. The number of aliphatic imine (C=N–C) groups is 1. The highest BCUT2D eigenvalue weighted by Crippen LogP contribution is 2.21. The predicted molar refractivity (Wildman–Crippen MR) is 103 cm³/mol. The van der Waals surface area contributed by atoms with Gasteiger partial charge in [-0.15, -0.1) is 0 Å². The van der Waals surface area contributed by atoms with E-state index in [-0.39, 0.29) is 0 Å². The molecule has 0 saturated carbocycles. The molecule has 0 aliphatic carbocycles. The number of rotatable bonds is 9. The fourth-order valence-corrected chi connectivity index (χ4v) is 2.20. The Balaban J connectivity index is 2.68. The van der Waals surface area contributed by atoms with E-state index in [1.54, 1.807) is 0 Å². The number of ether oxygens (including phenoxy) is 1. The average molecular weight is 335 g/mol. The SMILES string of the molecule is CCNC(=NCc1ccc(C)cc1OCC)NCCN(C)C(C)C. The maximum atomic E-state index is 5.73. The standard InChI is InChI=1S/C19H34N4O/c1-7-20-19(21-11-12-23(6)15(3)4)22-14-17-10-9-16(5)13-18(17)24-8-2/h9-10,13,15H,7-8,11-12,14H2,1-6H3,(H2,20,21,22). The van der Waals surface area contributed by atoms with Crippen molar-refractivity contribution in [1.29, 1.82) is 0 Å². The Kier molecular flexibility index (Phi) is 9.23. The van der Waals surface area contributed by atoms with E-state index in [1.165, 1.54) is 5.56 Å². The molecule has 0 aromatic heterocycles. The molecule has 0 spiro atoms. The predicted octanol–water partition coefficient (Wildman–Crippen LogP) is 2.79. The third-order valence-corrected chi connectivity index (χ3v) is 3.91. The van der Waals surface area contributed by atoms with Crippen molar-refractivity contribution in [2.75, 3.05) is 33.3 Å². The third kappa shape index (κ3) is 7.21. The molecule has 0 atom stereocenters. The van der Waals surface area contributed by atoms with Gasteiger partial charge >= 0.3 is 0 Å². The van der Waals surface area contributed by atoms with Crippen LogP contribution in [0.2, 0.25) is 0 Å². The van der Waals surface area contributed by atoms with Gasteiger partial charge in [0.2, 0.25) is 0 Å². The number of nitrogens with one attached hydrogen (secondary N) is 2. The number of nitrogens with zero attached hydrogens (tertiary/aromatic N) is 2. The van der Waals surface area contributed by atoms with Crippen molar-refractivity contribution in [1.82, 2.24) is 15.5 Å². The van der Waals surface area contributed by atoms with Crippen molar-refractivity contribution in [3.8, 4) is 5.75 Å². The molecular formula is C19H34N4O. The molecule has 0 amide bonds. The molecular weight excluding hydrogens is 300 g/mol. The maximum absolute atomic E-state index is 5.73. The van der Waals surface area contributed by atoms with Crippen LogP contribution in [0.3, 0.4) is 0 Å². The second kappa shape index (κ2) is 10.9. The number of guanidine groups is 1. The Morgan fingerprint density at radius 1 is 1.25 bits per heavy atom. The average Bonchev–Trinajstić information content (AvgIpc) is 2.54. The number of hydrogen-bond donors (Lipinski definition) is 2. The van der Waals surface area contributed by atoms with Gasteiger partial charge in [-0.25, -0.2) is 4.99 Å². The first-order chi connectivity index (χ1) is 11.5. The number of benzene rings is 1. The fourth-order valence-electron chi connectivity index (χ4n) is 2.20. The summed E-state index contributed by atoms with van der Waals surface area (Å²) < 4.78 is 5.73. The molecule has 1 aromatic carbocycles. The van der Waals surface area contributed by atoms with E-state index in [2.05, 4.69) is 68.5 Å². The lowest BCUT2D eigenvalue weighted by molar-refractivity contribution is 0.278. The number of aryl methyl sites for hydroxylation is 1. The van der Waals surface area contributed by atoms with Crippen LogP contribution in [0, 0.1) is 6.92 Å². The van der Waals surface area contributed by atoms with Crippen LogP contribution in [0.1, 0.15) is 38.8 Å². The van der Waals surface area contributed by atoms with E-state index in [0.29, 0.717) is 19.2 Å². The summed E-state index contributed by atoms with van der Waals surface area (Å²) in [6.45, 7) is 14.5. The van der Waals surface area contributed by atoms with Crippen molar-refractivity contribution in [3.63, 3.8) is 0 Å². The Bertz CT molecular complexity index is 514. The van der Waals surface area contributed by atoms with Gasteiger partial charge in [0.1, 0.15) is 5.75 Å². The minimum Gasteiger partial charge on any atom is -0.494 e. The van der Waals surface area contributed by atoms with Crippen LogP contribution >= 0.6 is 0 Å². The van der Waals surface area contributed by atoms with E-state index < -0.39 is 0 Å². The van der Waals surface area contributed by atoms with Crippen LogP contribution < -0.4 is 15.4 Å². The molecule has 0 heterocycles. The topological polar surface area (TPSA) is 48.9 Å². The van der Waals surface area contributed by atoms with Crippen LogP contribution in [0.5, 0.6) is 5.75 Å². The molecule has 0 aliphatic rings. The smallest absolute Gasteiger partial charge is 0.191 e. The summed E-state index contributed by atoms with van der Waals surface area (Å²) in [6.07, 6.45) is 0. The normalized spacial score (nSPS) is 11.9. The maximum Gasteiger partial charge on any atom is 0.191 e. The molecule has 136 valence electrons. The highest BCUT2D eigenvalue weighted by molar-refractivity contribution is 5.79. The van der Waals surface area contributed by atoms with Gasteiger partial charge in [0.05, 0.1) is 13.2 Å². The van der Waals surface area contributed by atoms with Gasteiger partial charge < -0.3 is 20.3 Å². The summed E-state index contributed by atoms with van der Waals surface area (Å²) in [5.41, 5.74) is 2.31. The third-order valence-electron chi connectivity index (χ3n) is 3.91. The molecule has 1 rings (SSSR count). The highest BCUT2D eigenvalue weighted by atomic mass is 16.5. The Hall–Kier alpha value is -1.75. The van der Waals surface area contributed by atoms with Gasteiger partial charge in [0.25, 0.3) is 0 Å². The Morgan fingerprint density at radius 3 is 2.62 bits per heavy atom. The van der Waals surface area contributed by atoms with Crippen molar-refractivity contribution < 1.29 is 4.74 Å². The van der Waals surface area contributed by atoms with Gasteiger partial charge in [-0.1, -0.05) is 12.1 Å². The van der Waals surface area contributed by atoms with Crippen molar-refractivity contribution in [2.45, 2.75) is 47.2 Å². The molecule has 5 nitrogen and oxygen atoms in total. The molecule has 0 unspecified atom stereocenters. The van der Waals surface area contributed by atoms with Crippen LogP contribution in [0.4, 0.5) is 0 Å². The largest absolute Gasteiger partial charge is 0.494 e. The summed E-state index contributed by atoms with van der Waals surface area (Å²) >= 11 is 0. The van der Waals surface area contributed by atoms with Gasteiger partial charge in [0, 0.05) is 31.2 Å². The monoisotopic (exact) mass is 334 g/mol. The molecule has 0 radical (unpaired) electrons. The lowest BCUT2D eigenvalue weighted by Crippen LogP contribution is -2.42. The molecule has 24 heavy (non-hydrogen) atoms. The van der Waals surface area contributed by atoms with Crippen LogP contribution in [0.15, 0.2) is 23.2 Å². The minimum atomic E-state index is 0.549. The number of hydrogen-bond acceptors (Lipinski definition) is 3. The van der Waals surface area contributed by atoms with Crippen molar-refractivity contribution in [2.24, 2.45) is 4.99 Å². The summed E-state index contributed by atoms with van der Waals surface area (Å²) in [5.74, 6) is 1.77. The lowest BCUT2D eigenvalue weighted by Gasteiger charge is -2.21. The number of likely N-dealkylation sites (N-methyl/N-ethyl adjacent to an activating group) is 1. The van der Waals surface area contributed by atoms with E-state index in [4.69, 9.17) is 9.73 Å². The van der Waals surface area contributed by atoms with E-state index in [9.17, 15) is 0 Å². The highest BCUT2D eigenvalue weighted by Gasteiger charge is 2.06. The molecule has 5 heteroatoms. The van der Waals surface area contributed by atoms with Gasteiger partial charge in [-0.05, 0) is 53.3 Å². The molecule has 0 bridgehead atoms. The van der Waals surface area contributed by atoms with E-state index in [1.807, 2.05) is 6.92 Å². The molecule has 2 N–H and O–H groups in total. The zero-order valence-corrected chi connectivity index (χ0v) is 16.1. The minimum absolute atomic E-state index is 0.549. The zero-order valence-electron chi connectivity index (χ0n) is 16.1. The second-order valence-electron chi connectivity index (χ2n) is 6.24. The zero-order chi connectivity index (χ0) is 17.9. The van der Waals surface area contributed by atoms with Gasteiger partial charge in [0.15, 0.2) is 5.96 Å².